The fraction of sp³-hybridized carbons (Fsp3) is 0.143. The highest BCUT2D eigenvalue weighted by Gasteiger charge is 2.39. The lowest BCUT2D eigenvalue weighted by Gasteiger charge is -2.27. The topological polar surface area (TPSA) is 54.5 Å². The first-order valence-corrected chi connectivity index (χ1v) is 8.91. The van der Waals surface area contributed by atoms with Crippen LogP contribution < -0.4 is 15.0 Å². The predicted molar refractivity (Wildman–Crippen MR) is 107 cm³/mol. The van der Waals surface area contributed by atoms with Crippen molar-refractivity contribution in [2.24, 2.45) is 0 Å². The molecule has 1 aliphatic heterocycles. The molecule has 0 aliphatic carbocycles. The van der Waals surface area contributed by atoms with Crippen LogP contribution in [-0.4, -0.2) is 18.0 Å². The number of carbonyl (C=O) groups is 1. The van der Waals surface area contributed by atoms with Gasteiger partial charge >= 0.3 is 0 Å². The molecule has 1 aliphatic rings. The van der Waals surface area contributed by atoms with Gasteiger partial charge in [0.1, 0.15) is 5.75 Å². The SMILES string of the molecule is COc1cccc(N2C(=O)c3cccnc3[C@@H]2Nc2ccc(Cl)cc2C)c1. The maximum atomic E-state index is 13.1. The van der Waals surface area contributed by atoms with Gasteiger partial charge in [-0.25, -0.2) is 0 Å². The smallest absolute Gasteiger partial charge is 0.262 e. The van der Waals surface area contributed by atoms with Crippen molar-refractivity contribution < 1.29 is 9.53 Å². The van der Waals surface area contributed by atoms with Crippen molar-refractivity contribution in [3.8, 4) is 5.75 Å². The van der Waals surface area contributed by atoms with E-state index in [0.717, 1.165) is 16.9 Å². The summed E-state index contributed by atoms with van der Waals surface area (Å²) in [5.74, 6) is 0.584. The van der Waals surface area contributed by atoms with Gasteiger partial charge in [0.25, 0.3) is 5.91 Å². The maximum Gasteiger partial charge on any atom is 0.262 e. The molecule has 0 spiro atoms. The lowest BCUT2D eigenvalue weighted by atomic mass is 10.1. The second-order valence-electron chi connectivity index (χ2n) is 6.32. The Morgan fingerprint density at radius 3 is 2.78 bits per heavy atom. The Morgan fingerprint density at radius 2 is 2.00 bits per heavy atom. The fourth-order valence-corrected chi connectivity index (χ4v) is 3.51. The molecule has 0 saturated carbocycles. The molecule has 1 atom stereocenters. The maximum absolute atomic E-state index is 13.1. The van der Waals surface area contributed by atoms with E-state index in [0.29, 0.717) is 22.0 Å². The van der Waals surface area contributed by atoms with Crippen LogP contribution in [0.4, 0.5) is 11.4 Å². The molecule has 1 N–H and O–H groups in total. The number of aryl methyl sites for hydroxylation is 1. The van der Waals surface area contributed by atoms with E-state index in [9.17, 15) is 4.79 Å². The molecule has 0 radical (unpaired) electrons. The number of aromatic nitrogens is 1. The first-order valence-electron chi connectivity index (χ1n) is 8.53. The lowest BCUT2D eigenvalue weighted by Crippen LogP contribution is -2.32. The third-order valence-electron chi connectivity index (χ3n) is 4.62. The Labute approximate surface area is 162 Å². The molecule has 0 unspecified atom stereocenters. The van der Waals surface area contributed by atoms with Gasteiger partial charge in [-0.3, -0.25) is 14.7 Å². The number of pyridine rings is 1. The molecule has 0 fully saturated rings. The summed E-state index contributed by atoms with van der Waals surface area (Å²) >= 11 is 6.08. The lowest BCUT2D eigenvalue weighted by molar-refractivity contribution is 0.0993. The van der Waals surface area contributed by atoms with Gasteiger partial charge < -0.3 is 10.1 Å². The van der Waals surface area contributed by atoms with E-state index in [1.165, 1.54) is 0 Å². The normalized spacial score (nSPS) is 15.6. The average Bonchev–Trinajstić information content (AvgIpc) is 2.96. The van der Waals surface area contributed by atoms with Crippen LogP contribution in [0, 0.1) is 6.92 Å². The monoisotopic (exact) mass is 379 g/mol. The molecule has 136 valence electrons. The number of carbonyl (C=O) groups excluding carboxylic acids is 1. The number of methoxy groups -OCH3 is 1. The number of benzene rings is 2. The summed E-state index contributed by atoms with van der Waals surface area (Å²) < 4.78 is 5.32. The second-order valence-corrected chi connectivity index (χ2v) is 6.76. The van der Waals surface area contributed by atoms with Gasteiger partial charge in [-0.05, 0) is 55.0 Å². The number of rotatable bonds is 4. The average molecular weight is 380 g/mol. The number of fused-ring (bicyclic) bond motifs is 1. The van der Waals surface area contributed by atoms with Crippen molar-refractivity contribution >= 4 is 28.9 Å². The first kappa shape index (κ1) is 17.4. The molecular weight excluding hydrogens is 362 g/mol. The van der Waals surface area contributed by atoms with Crippen LogP contribution in [-0.2, 0) is 0 Å². The van der Waals surface area contributed by atoms with Gasteiger partial charge in [-0.15, -0.1) is 0 Å². The molecular formula is C21H18ClN3O2. The molecule has 0 saturated heterocycles. The third kappa shape index (κ3) is 3.11. The van der Waals surface area contributed by atoms with Crippen molar-refractivity contribution in [3.05, 3.63) is 82.6 Å². The number of nitrogens with one attached hydrogen (secondary N) is 1. The van der Waals surface area contributed by atoms with E-state index in [1.54, 1.807) is 30.3 Å². The summed E-state index contributed by atoms with van der Waals surface area (Å²) in [6.07, 6.45) is 1.27. The highest BCUT2D eigenvalue weighted by atomic mass is 35.5. The zero-order valence-corrected chi connectivity index (χ0v) is 15.7. The number of anilines is 2. The van der Waals surface area contributed by atoms with Crippen LogP contribution in [0.25, 0.3) is 0 Å². The molecule has 3 aromatic rings. The van der Waals surface area contributed by atoms with Crippen molar-refractivity contribution in [3.63, 3.8) is 0 Å². The summed E-state index contributed by atoms with van der Waals surface area (Å²) in [5, 5.41) is 4.12. The van der Waals surface area contributed by atoms with Gasteiger partial charge in [-0.1, -0.05) is 17.7 Å². The van der Waals surface area contributed by atoms with E-state index in [-0.39, 0.29) is 5.91 Å². The molecule has 0 bridgehead atoms. The largest absolute Gasteiger partial charge is 0.497 e. The van der Waals surface area contributed by atoms with Crippen molar-refractivity contribution in [1.29, 1.82) is 0 Å². The molecule has 6 heteroatoms. The van der Waals surface area contributed by atoms with Gasteiger partial charge in [0.2, 0.25) is 0 Å². The van der Waals surface area contributed by atoms with Gasteiger partial charge in [0, 0.05) is 23.0 Å². The Kier molecular flexibility index (Phi) is 4.46. The Morgan fingerprint density at radius 1 is 1.15 bits per heavy atom. The second kappa shape index (κ2) is 6.93. The summed E-state index contributed by atoms with van der Waals surface area (Å²) in [7, 11) is 1.61. The standard InChI is InChI=1S/C21H18ClN3O2/c1-13-11-14(22)8-9-18(13)24-20-19-17(7-4-10-23-19)21(26)25(20)15-5-3-6-16(12-15)27-2/h3-12,20,24H,1-2H3/t20-/m1/s1. The van der Waals surface area contributed by atoms with Gasteiger partial charge in [0.15, 0.2) is 6.17 Å². The highest BCUT2D eigenvalue weighted by Crippen LogP contribution is 2.38. The third-order valence-corrected chi connectivity index (χ3v) is 4.85. The number of ether oxygens (including phenoxy) is 1. The Bertz CT molecular complexity index is 1020. The molecule has 4 rings (SSSR count). The summed E-state index contributed by atoms with van der Waals surface area (Å²) in [6.45, 7) is 1.97. The minimum atomic E-state index is -0.430. The number of nitrogens with zero attached hydrogens (tertiary/aromatic N) is 2. The van der Waals surface area contributed by atoms with Crippen LogP contribution in [0.2, 0.25) is 5.02 Å². The molecule has 1 amide bonds. The first-order chi connectivity index (χ1) is 13.1. The van der Waals surface area contributed by atoms with Crippen LogP contribution in [0.15, 0.2) is 60.8 Å². The quantitative estimate of drug-likeness (QED) is 0.705. The number of amides is 1. The molecule has 2 aromatic carbocycles. The molecule has 1 aromatic heterocycles. The van der Waals surface area contributed by atoms with E-state index in [2.05, 4.69) is 10.3 Å². The minimum absolute atomic E-state index is 0.101. The van der Waals surface area contributed by atoms with E-state index in [1.807, 2.05) is 49.4 Å². The van der Waals surface area contributed by atoms with Crippen LogP contribution in [0.1, 0.15) is 27.8 Å². The van der Waals surface area contributed by atoms with E-state index >= 15 is 0 Å². The molecule has 27 heavy (non-hydrogen) atoms. The van der Waals surface area contributed by atoms with Crippen LogP contribution in [0.3, 0.4) is 0 Å². The van der Waals surface area contributed by atoms with Crippen molar-refractivity contribution in [2.45, 2.75) is 13.1 Å². The van der Waals surface area contributed by atoms with Crippen molar-refractivity contribution in [1.82, 2.24) is 4.98 Å². The zero-order chi connectivity index (χ0) is 19.0. The molecule has 2 heterocycles. The Balaban J connectivity index is 1.80. The summed E-state index contributed by atoms with van der Waals surface area (Å²) in [6, 6.07) is 16.6. The van der Waals surface area contributed by atoms with E-state index in [4.69, 9.17) is 16.3 Å². The summed E-state index contributed by atoms with van der Waals surface area (Å²) in [5.41, 5.74) is 3.90. The highest BCUT2D eigenvalue weighted by molar-refractivity contribution is 6.30. The number of hydrogen-bond donors (Lipinski definition) is 1. The van der Waals surface area contributed by atoms with Crippen LogP contribution in [0.5, 0.6) is 5.75 Å². The van der Waals surface area contributed by atoms with E-state index < -0.39 is 6.17 Å². The zero-order valence-electron chi connectivity index (χ0n) is 14.9. The molecule has 5 nitrogen and oxygen atoms in total. The minimum Gasteiger partial charge on any atom is -0.497 e. The number of hydrogen-bond acceptors (Lipinski definition) is 4. The van der Waals surface area contributed by atoms with Gasteiger partial charge in [-0.2, -0.15) is 0 Å². The predicted octanol–water partition coefficient (Wildman–Crippen LogP) is 4.82. The van der Waals surface area contributed by atoms with Crippen LogP contribution >= 0.6 is 11.6 Å². The fourth-order valence-electron chi connectivity index (χ4n) is 3.28. The van der Waals surface area contributed by atoms with Crippen molar-refractivity contribution in [2.75, 3.05) is 17.3 Å². The summed E-state index contributed by atoms with van der Waals surface area (Å²) in [4.78, 5) is 19.3. The number of halogens is 1. The Hall–Kier alpha value is -3.05. The van der Waals surface area contributed by atoms with Gasteiger partial charge in [0.05, 0.1) is 24.1 Å².